The molecule has 21 heavy (non-hydrogen) atoms. The number of unbranched alkanes of at least 4 members (excludes halogenated alkanes) is 3. The summed E-state index contributed by atoms with van der Waals surface area (Å²) in [5.41, 5.74) is 0.997. The zero-order chi connectivity index (χ0) is 15.1. The highest BCUT2D eigenvalue weighted by atomic mass is 32.1. The van der Waals surface area contributed by atoms with Gasteiger partial charge in [0, 0.05) is 10.9 Å². The Balaban J connectivity index is 1.90. The maximum atomic E-state index is 10.8. The highest BCUT2D eigenvalue weighted by molar-refractivity contribution is 7.13. The van der Waals surface area contributed by atoms with Crippen LogP contribution in [0.1, 0.15) is 43.1 Å². The first-order valence-corrected chi connectivity index (χ1v) is 8.00. The van der Waals surface area contributed by atoms with Gasteiger partial charge in [0.25, 0.3) is 0 Å². The average Bonchev–Trinajstić information content (AvgIpc) is 2.98. The van der Waals surface area contributed by atoms with Crippen LogP contribution in [0.4, 0.5) is 0 Å². The molecule has 0 spiro atoms. The van der Waals surface area contributed by atoms with Crippen molar-refractivity contribution < 1.29 is 14.6 Å². The van der Waals surface area contributed by atoms with Crippen LogP contribution in [0.5, 0.6) is 5.75 Å². The fourth-order valence-corrected chi connectivity index (χ4v) is 2.72. The Morgan fingerprint density at radius 1 is 1.24 bits per heavy atom. The third kappa shape index (κ3) is 4.56. The van der Waals surface area contributed by atoms with Crippen LogP contribution < -0.4 is 4.74 Å². The maximum Gasteiger partial charge on any atom is 0.355 e. The Morgan fingerprint density at radius 2 is 2.00 bits per heavy atom. The zero-order valence-electron chi connectivity index (χ0n) is 12.0. The Kier molecular flexibility index (Phi) is 5.75. The number of aromatic carboxylic acids is 1. The van der Waals surface area contributed by atoms with Crippen LogP contribution in [0.15, 0.2) is 29.6 Å². The van der Waals surface area contributed by atoms with Gasteiger partial charge in [0.1, 0.15) is 10.8 Å². The minimum atomic E-state index is -0.996. The fourth-order valence-electron chi connectivity index (χ4n) is 1.92. The number of carboxylic acids is 1. The molecule has 0 radical (unpaired) electrons. The molecular formula is C16H19NO3S. The molecule has 2 aromatic rings. The molecule has 1 N–H and O–H groups in total. The van der Waals surface area contributed by atoms with Gasteiger partial charge in [0.15, 0.2) is 5.69 Å². The average molecular weight is 305 g/mol. The van der Waals surface area contributed by atoms with Crippen molar-refractivity contribution in [2.24, 2.45) is 0 Å². The van der Waals surface area contributed by atoms with E-state index in [2.05, 4.69) is 11.9 Å². The predicted octanol–water partition coefficient (Wildman–Crippen LogP) is 4.47. The highest BCUT2D eigenvalue weighted by Crippen LogP contribution is 2.25. The lowest BCUT2D eigenvalue weighted by Crippen LogP contribution is -1.97. The fraction of sp³-hybridized carbons (Fsp3) is 0.375. The van der Waals surface area contributed by atoms with Gasteiger partial charge in [-0.05, 0) is 30.7 Å². The number of rotatable bonds is 8. The van der Waals surface area contributed by atoms with Gasteiger partial charge < -0.3 is 9.84 Å². The summed E-state index contributed by atoms with van der Waals surface area (Å²) < 4.78 is 5.68. The number of ether oxygens (including phenoxy) is 1. The van der Waals surface area contributed by atoms with Gasteiger partial charge in [-0.15, -0.1) is 11.3 Å². The molecule has 0 atom stereocenters. The number of nitrogens with zero attached hydrogens (tertiary/aromatic N) is 1. The number of carbonyl (C=O) groups is 1. The molecular weight excluding hydrogens is 286 g/mol. The van der Waals surface area contributed by atoms with E-state index >= 15 is 0 Å². The van der Waals surface area contributed by atoms with Crippen molar-refractivity contribution in [1.82, 2.24) is 4.98 Å². The number of benzene rings is 1. The minimum Gasteiger partial charge on any atom is -0.494 e. The van der Waals surface area contributed by atoms with Gasteiger partial charge in [-0.2, -0.15) is 0 Å². The van der Waals surface area contributed by atoms with Crippen LogP contribution >= 0.6 is 11.3 Å². The third-order valence-corrected chi connectivity index (χ3v) is 3.98. The molecule has 112 valence electrons. The van der Waals surface area contributed by atoms with Crippen molar-refractivity contribution in [2.75, 3.05) is 6.61 Å². The Bertz CT molecular complexity index is 577. The molecule has 2 rings (SSSR count). The van der Waals surface area contributed by atoms with Crippen LogP contribution in [0.25, 0.3) is 10.6 Å². The van der Waals surface area contributed by atoms with E-state index in [0.29, 0.717) is 5.01 Å². The second-order valence-corrected chi connectivity index (χ2v) is 5.63. The molecule has 1 aromatic heterocycles. The molecule has 0 aliphatic heterocycles. The number of carboxylic acid groups (broad SMARTS) is 1. The zero-order valence-corrected chi connectivity index (χ0v) is 12.9. The number of hydrogen-bond donors (Lipinski definition) is 1. The Morgan fingerprint density at radius 3 is 2.62 bits per heavy atom. The molecule has 0 amide bonds. The summed E-state index contributed by atoms with van der Waals surface area (Å²) >= 11 is 1.33. The molecule has 0 unspecified atom stereocenters. The van der Waals surface area contributed by atoms with Crippen LogP contribution in [0.3, 0.4) is 0 Å². The lowest BCUT2D eigenvalue weighted by molar-refractivity contribution is 0.0691. The van der Waals surface area contributed by atoms with Gasteiger partial charge in [0.05, 0.1) is 6.61 Å². The summed E-state index contributed by atoms with van der Waals surface area (Å²) in [6.45, 7) is 2.92. The minimum absolute atomic E-state index is 0.0891. The van der Waals surface area contributed by atoms with Gasteiger partial charge in [0.2, 0.25) is 0 Å². The molecule has 0 bridgehead atoms. The lowest BCUT2D eigenvalue weighted by Gasteiger charge is -2.06. The number of aromatic nitrogens is 1. The van der Waals surface area contributed by atoms with Crippen molar-refractivity contribution in [3.05, 3.63) is 35.3 Å². The monoisotopic (exact) mass is 305 g/mol. The van der Waals surface area contributed by atoms with Gasteiger partial charge in [-0.3, -0.25) is 0 Å². The summed E-state index contributed by atoms with van der Waals surface area (Å²) in [6, 6.07) is 7.62. The molecule has 5 heteroatoms. The normalized spacial score (nSPS) is 10.5. The van der Waals surface area contributed by atoms with E-state index < -0.39 is 5.97 Å². The van der Waals surface area contributed by atoms with E-state index in [9.17, 15) is 4.79 Å². The predicted molar refractivity (Wildman–Crippen MR) is 84.1 cm³/mol. The Labute approximate surface area is 128 Å². The van der Waals surface area contributed by atoms with Crippen molar-refractivity contribution in [2.45, 2.75) is 32.6 Å². The molecule has 0 aliphatic carbocycles. The maximum absolute atomic E-state index is 10.8. The van der Waals surface area contributed by atoms with E-state index in [1.165, 1.54) is 30.6 Å². The van der Waals surface area contributed by atoms with Crippen molar-refractivity contribution in [1.29, 1.82) is 0 Å². The second kappa shape index (κ2) is 7.78. The molecule has 0 saturated carbocycles. The van der Waals surface area contributed by atoms with Crippen molar-refractivity contribution >= 4 is 17.3 Å². The second-order valence-electron chi connectivity index (χ2n) is 4.78. The van der Waals surface area contributed by atoms with Crippen molar-refractivity contribution in [3.8, 4) is 16.3 Å². The Hall–Kier alpha value is -1.88. The summed E-state index contributed by atoms with van der Waals surface area (Å²) in [4.78, 5) is 14.9. The van der Waals surface area contributed by atoms with Crippen molar-refractivity contribution in [3.63, 3.8) is 0 Å². The van der Waals surface area contributed by atoms with Crippen LogP contribution in [0.2, 0.25) is 0 Å². The van der Waals surface area contributed by atoms with E-state index in [0.717, 1.165) is 24.3 Å². The van der Waals surface area contributed by atoms with Crippen LogP contribution in [-0.2, 0) is 0 Å². The van der Waals surface area contributed by atoms with E-state index in [-0.39, 0.29) is 5.69 Å². The molecule has 1 heterocycles. The quantitative estimate of drug-likeness (QED) is 0.731. The number of thiazole rings is 1. The summed E-state index contributed by atoms with van der Waals surface area (Å²) in [7, 11) is 0. The first-order chi connectivity index (χ1) is 10.2. The van der Waals surface area contributed by atoms with Gasteiger partial charge in [-0.25, -0.2) is 9.78 Å². The highest BCUT2D eigenvalue weighted by Gasteiger charge is 2.09. The summed E-state index contributed by atoms with van der Waals surface area (Å²) in [6.07, 6.45) is 4.74. The van der Waals surface area contributed by atoms with E-state index in [1.54, 1.807) is 5.38 Å². The van der Waals surface area contributed by atoms with Gasteiger partial charge in [-0.1, -0.05) is 26.2 Å². The molecule has 4 nitrogen and oxygen atoms in total. The third-order valence-electron chi connectivity index (χ3n) is 3.09. The summed E-state index contributed by atoms with van der Waals surface area (Å²) in [5.74, 6) is -0.158. The van der Waals surface area contributed by atoms with E-state index in [4.69, 9.17) is 9.84 Å². The first-order valence-electron chi connectivity index (χ1n) is 7.12. The topological polar surface area (TPSA) is 59.4 Å². The lowest BCUT2D eigenvalue weighted by atomic mass is 10.2. The number of hydrogen-bond acceptors (Lipinski definition) is 4. The first kappa shape index (κ1) is 15.5. The molecule has 0 aliphatic rings. The van der Waals surface area contributed by atoms with Crippen LogP contribution in [-0.4, -0.2) is 22.7 Å². The molecule has 1 aromatic carbocycles. The smallest absolute Gasteiger partial charge is 0.355 e. The standard InChI is InChI=1S/C16H19NO3S/c1-2-3-4-5-10-20-13-8-6-12(7-9-13)15-17-14(11-21-15)16(18)19/h6-9,11H,2-5,10H2,1H3,(H,18,19). The largest absolute Gasteiger partial charge is 0.494 e. The SMILES string of the molecule is CCCCCCOc1ccc(-c2nc(C(=O)O)cs2)cc1. The molecule has 0 fully saturated rings. The molecule has 0 saturated heterocycles. The van der Waals surface area contributed by atoms with Gasteiger partial charge >= 0.3 is 5.97 Å². The van der Waals surface area contributed by atoms with Crippen LogP contribution in [0, 0.1) is 0 Å². The summed E-state index contributed by atoms with van der Waals surface area (Å²) in [5, 5.41) is 11.1. The van der Waals surface area contributed by atoms with E-state index in [1.807, 2.05) is 24.3 Å².